The van der Waals surface area contributed by atoms with Crippen LogP contribution in [-0.4, -0.2) is 36.3 Å². The Morgan fingerprint density at radius 3 is 2.95 bits per heavy atom. The number of anilines is 1. The first-order valence-corrected chi connectivity index (χ1v) is 8.67. The zero-order chi connectivity index (χ0) is 15.4. The summed E-state index contributed by atoms with van der Waals surface area (Å²) in [5.41, 5.74) is 0.997. The van der Waals surface area contributed by atoms with Crippen molar-refractivity contribution in [3.63, 3.8) is 0 Å². The highest BCUT2D eigenvalue weighted by atomic mass is 79.9. The number of amides is 2. The average molecular weight is 371 g/mol. The second-order valence-electron chi connectivity index (χ2n) is 4.92. The van der Waals surface area contributed by atoms with Crippen molar-refractivity contribution in [1.29, 1.82) is 0 Å². The van der Waals surface area contributed by atoms with Gasteiger partial charge in [-0.1, -0.05) is 6.58 Å². The van der Waals surface area contributed by atoms with Crippen molar-refractivity contribution in [2.24, 2.45) is 0 Å². The van der Waals surface area contributed by atoms with Gasteiger partial charge in [-0.15, -0.1) is 11.3 Å². The maximum absolute atomic E-state index is 12.6. The van der Waals surface area contributed by atoms with Crippen LogP contribution in [0.4, 0.5) is 5.69 Å². The number of hydrogen-bond donors (Lipinski definition) is 0. The topological polar surface area (TPSA) is 40.6 Å². The van der Waals surface area contributed by atoms with Gasteiger partial charge in [0.2, 0.25) is 11.8 Å². The third-order valence-electron chi connectivity index (χ3n) is 3.58. The molecule has 0 bridgehead atoms. The molecule has 4 nitrogen and oxygen atoms in total. The van der Waals surface area contributed by atoms with Crippen LogP contribution in [0.25, 0.3) is 0 Å². The average Bonchev–Trinajstić information content (AvgIpc) is 2.73. The SMILES string of the molecule is C=CC(=O)N(CC)CC(=O)N1CCCCc2sc(Br)cc21. The first kappa shape index (κ1) is 16.2. The van der Waals surface area contributed by atoms with Gasteiger partial charge in [0.15, 0.2) is 0 Å². The van der Waals surface area contributed by atoms with Crippen LogP contribution in [0.3, 0.4) is 0 Å². The molecular formula is C15H19BrN2O2S. The molecule has 0 fully saturated rings. The number of halogens is 1. The molecule has 0 N–H and O–H groups in total. The largest absolute Gasteiger partial charge is 0.330 e. The second-order valence-corrected chi connectivity index (χ2v) is 7.43. The summed E-state index contributed by atoms with van der Waals surface area (Å²) in [6, 6.07) is 2.01. The third-order valence-corrected chi connectivity index (χ3v) is 5.27. The van der Waals surface area contributed by atoms with E-state index in [1.54, 1.807) is 11.3 Å². The fraction of sp³-hybridized carbons (Fsp3) is 0.467. The lowest BCUT2D eigenvalue weighted by atomic mass is 10.2. The van der Waals surface area contributed by atoms with Crippen LogP contribution in [0.15, 0.2) is 22.5 Å². The lowest BCUT2D eigenvalue weighted by Gasteiger charge is -2.25. The number of carbonyl (C=O) groups is 2. The van der Waals surface area contributed by atoms with Gasteiger partial charge >= 0.3 is 0 Å². The molecule has 2 amide bonds. The minimum Gasteiger partial charge on any atom is -0.330 e. The molecule has 0 aliphatic carbocycles. The van der Waals surface area contributed by atoms with E-state index in [-0.39, 0.29) is 18.4 Å². The highest BCUT2D eigenvalue weighted by molar-refractivity contribution is 9.11. The fourth-order valence-electron chi connectivity index (χ4n) is 2.45. The molecular weight excluding hydrogens is 352 g/mol. The van der Waals surface area contributed by atoms with Crippen molar-refractivity contribution in [3.05, 3.63) is 27.4 Å². The van der Waals surface area contributed by atoms with Crippen LogP contribution in [0, 0.1) is 0 Å². The van der Waals surface area contributed by atoms with E-state index < -0.39 is 0 Å². The summed E-state index contributed by atoms with van der Waals surface area (Å²) in [6.45, 7) is 6.67. The van der Waals surface area contributed by atoms with Crippen molar-refractivity contribution < 1.29 is 9.59 Å². The Bertz CT molecular complexity index is 556. The van der Waals surface area contributed by atoms with Gasteiger partial charge in [0.25, 0.3) is 0 Å². The number of nitrogens with zero attached hydrogens (tertiary/aromatic N) is 2. The van der Waals surface area contributed by atoms with Gasteiger partial charge in [0.1, 0.15) is 6.54 Å². The van der Waals surface area contributed by atoms with Crippen molar-refractivity contribution in [2.45, 2.75) is 26.2 Å². The van der Waals surface area contributed by atoms with Crippen LogP contribution in [0.5, 0.6) is 0 Å². The Hall–Kier alpha value is -1.14. The highest BCUT2D eigenvalue weighted by Crippen LogP contribution is 2.37. The zero-order valence-electron chi connectivity index (χ0n) is 12.1. The van der Waals surface area contributed by atoms with Crippen LogP contribution in [0.2, 0.25) is 0 Å². The van der Waals surface area contributed by atoms with Gasteiger partial charge in [-0.2, -0.15) is 0 Å². The number of fused-ring (bicyclic) bond motifs is 1. The molecule has 0 aromatic carbocycles. The Morgan fingerprint density at radius 1 is 1.52 bits per heavy atom. The first-order valence-electron chi connectivity index (χ1n) is 7.06. The molecule has 21 heavy (non-hydrogen) atoms. The molecule has 114 valence electrons. The smallest absolute Gasteiger partial charge is 0.246 e. The molecule has 1 aromatic rings. The minimum atomic E-state index is -0.201. The minimum absolute atomic E-state index is 0.0273. The van der Waals surface area contributed by atoms with Gasteiger partial charge in [-0.25, -0.2) is 0 Å². The molecule has 0 saturated heterocycles. The number of hydrogen-bond acceptors (Lipinski definition) is 3. The van der Waals surface area contributed by atoms with E-state index in [0.717, 1.165) is 35.3 Å². The van der Waals surface area contributed by atoms with Crippen molar-refractivity contribution >= 4 is 44.8 Å². The normalized spacial score (nSPS) is 14.3. The van der Waals surface area contributed by atoms with E-state index in [0.29, 0.717) is 6.54 Å². The first-order chi connectivity index (χ1) is 10.1. The molecule has 6 heteroatoms. The number of rotatable bonds is 4. The van der Waals surface area contributed by atoms with E-state index >= 15 is 0 Å². The highest BCUT2D eigenvalue weighted by Gasteiger charge is 2.25. The lowest BCUT2D eigenvalue weighted by molar-refractivity contribution is -0.131. The maximum Gasteiger partial charge on any atom is 0.246 e. The predicted molar refractivity (Wildman–Crippen MR) is 89.8 cm³/mol. The van der Waals surface area contributed by atoms with Gasteiger partial charge in [0.05, 0.1) is 9.47 Å². The standard InChI is InChI=1S/C15H19BrN2O2S/c1-3-14(19)17(4-2)10-15(20)18-8-6-5-7-12-11(18)9-13(16)21-12/h3,9H,1,4-8,10H2,2H3. The number of thiophene rings is 1. The molecule has 1 aliphatic heterocycles. The Labute approximate surface area is 137 Å². The molecule has 0 unspecified atom stereocenters. The Balaban J connectivity index is 2.18. The van der Waals surface area contributed by atoms with Crippen LogP contribution in [-0.2, 0) is 16.0 Å². The molecule has 0 radical (unpaired) electrons. The Morgan fingerprint density at radius 2 is 2.29 bits per heavy atom. The molecule has 1 aliphatic rings. The van der Waals surface area contributed by atoms with Crippen molar-refractivity contribution in [1.82, 2.24) is 4.90 Å². The van der Waals surface area contributed by atoms with E-state index in [2.05, 4.69) is 22.5 Å². The van der Waals surface area contributed by atoms with Gasteiger partial charge in [-0.3, -0.25) is 9.59 Å². The third kappa shape index (κ3) is 3.74. The number of likely N-dealkylation sites (N-methyl/N-ethyl adjacent to an activating group) is 1. The monoisotopic (exact) mass is 370 g/mol. The van der Waals surface area contributed by atoms with Crippen molar-refractivity contribution in [2.75, 3.05) is 24.5 Å². The summed E-state index contributed by atoms with van der Waals surface area (Å²) in [5.74, 6) is -0.229. The molecule has 2 heterocycles. The van der Waals surface area contributed by atoms with E-state index in [9.17, 15) is 9.59 Å². The van der Waals surface area contributed by atoms with Crippen LogP contribution >= 0.6 is 27.3 Å². The van der Waals surface area contributed by atoms with Gasteiger partial charge < -0.3 is 9.80 Å². The van der Waals surface area contributed by atoms with Crippen LogP contribution < -0.4 is 4.90 Å². The second kappa shape index (κ2) is 7.22. The fourth-order valence-corrected chi connectivity index (χ4v) is 4.18. The lowest BCUT2D eigenvalue weighted by Crippen LogP contribution is -2.42. The summed E-state index contributed by atoms with van der Waals surface area (Å²) in [4.78, 5) is 28.9. The molecule has 2 rings (SSSR count). The van der Waals surface area contributed by atoms with E-state index in [1.165, 1.54) is 15.9 Å². The molecule has 0 atom stereocenters. The molecule has 0 saturated carbocycles. The Kier molecular flexibility index (Phi) is 5.58. The number of aryl methyl sites for hydroxylation is 1. The zero-order valence-corrected chi connectivity index (χ0v) is 14.5. The predicted octanol–water partition coefficient (Wildman–Crippen LogP) is 3.21. The van der Waals surface area contributed by atoms with E-state index in [1.807, 2.05) is 17.9 Å². The van der Waals surface area contributed by atoms with Gasteiger partial charge in [-0.05, 0) is 54.3 Å². The quantitative estimate of drug-likeness (QED) is 0.763. The molecule has 1 aromatic heterocycles. The van der Waals surface area contributed by atoms with Crippen LogP contribution in [0.1, 0.15) is 24.6 Å². The maximum atomic E-state index is 12.6. The summed E-state index contributed by atoms with van der Waals surface area (Å²) >= 11 is 5.18. The summed E-state index contributed by atoms with van der Waals surface area (Å²) in [6.07, 6.45) is 4.35. The van der Waals surface area contributed by atoms with Crippen molar-refractivity contribution in [3.8, 4) is 0 Å². The summed E-state index contributed by atoms with van der Waals surface area (Å²) in [7, 11) is 0. The van der Waals surface area contributed by atoms with E-state index in [4.69, 9.17) is 0 Å². The van der Waals surface area contributed by atoms with Gasteiger partial charge in [0, 0.05) is 18.0 Å². The summed E-state index contributed by atoms with van der Waals surface area (Å²) in [5, 5.41) is 0. The molecule has 0 spiro atoms. The number of carbonyl (C=O) groups excluding carboxylic acids is 2. The summed E-state index contributed by atoms with van der Waals surface area (Å²) < 4.78 is 1.04.